The molecular weight excluding hydrogens is 372 g/mol. The lowest BCUT2D eigenvalue weighted by Gasteiger charge is -2.32. The molecule has 0 aliphatic carbocycles. The number of hydrogen-bond acceptors (Lipinski definition) is 6. The minimum absolute atomic E-state index is 0.634. The number of aromatic nitrogens is 1. The molecule has 3 aliphatic rings. The highest BCUT2D eigenvalue weighted by atomic mass is 32.1. The van der Waals surface area contributed by atoms with E-state index in [2.05, 4.69) is 32.3 Å². The maximum atomic E-state index is 5.50. The van der Waals surface area contributed by atoms with Gasteiger partial charge >= 0.3 is 0 Å². The molecule has 8 heteroatoms. The lowest BCUT2D eigenvalue weighted by molar-refractivity contribution is 0.0195. The third-order valence-electron chi connectivity index (χ3n) is 5.91. The highest BCUT2D eigenvalue weighted by Gasteiger charge is 2.30. The van der Waals surface area contributed by atoms with Crippen LogP contribution in [0.2, 0.25) is 0 Å². The van der Waals surface area contributed by atoms with Crippen LogP contribution in [0.5, 0.6) is 0 Å². The second-order valence-electron chi connectivity index (χ2n) is 7.84. The average Bonchev–Trinajstić information content (AvgIpc) is 3.49. The molecule has 1 unspecified atom stereocenters. The molecule has 4 heterocycles. The summed E-state index contributed by atoms with van der Waals surface area (Å²) in [6, 6.07) is 0.634. The first-order chi connectivity index (χ1) is 13.8. The van der Waals surface area contributed by atoms with Gasteiger partial charge in [0.05, 0.1) is 18.9 Å². The van der Waals surface area contributed by atoms with Crippen LogP contribution in [-0.4, -0.2) is 92.4 Å². The zero-order chi connectivity index (χ0) is 19.2. The Morgan fingerprint density at radius 1 is 1.25 bits per heavy atom. The van der Waals surface area contributed by atoms with E-state index in [1.807, 2.05) is 0 Å². The summed E-state index contributed by atoms with van der Waals surface area (Å²) in [6.07, 6.45) is 4.73. The fourth-order valence-electron chi connectivity index (χ4n) is 4.34. The largest absolute Gasteiger partial charge is 0.379 e. The summed E-state index contributed by atoms with van der Waals surface area (Å²) in [4.78, 5) is 17.2. The summed E-state index contributed by atoms with van der Waals surface area (Å²) in [6.45, 7) is 12.2. The molecule has 1 aromatic heterocycles. The SMILES string of the molecule is CCNC(=NCCc1csc(N2CCCC2)n1)N1CCC(N2CCOCC2)C1. The first-order valence-corrected chi connectivity index (χ1v) is 11.8. The number of guanidine groups is 1. The number of anilines is 1. The molecule has 28 heavy (non-hydrogen) atoms. The molecule has 0 aromatic carbocycles. The van der Waals surface area contributed by atoms with E-state index in [9.17, 15) is 0 Å². The monoisotopic (exact) mass is 406 g/mol. The zero-order valence-corrected chi connectivity index (χ0v) is 17.9. The molecule has 0 radical (unpaired) electrons. The normalized spacial score (nSPS) is 24.3. The minimum Gasteiger partial charge on any atom is -0.379 e. The van der Waals surface area contributed by atoms with Crippen LogP contribution in [0.3, 0.4) is 0 Å². The predicted molar refractivity (Wildman–Crippen MR) is 116 cm³/mol. The molecule has 3 fully saturated rings. The van der Waals surface area contributed by atoms with Crippen LogP contribution in [-0.2, 0) is 11.2 Å². The smallest absolute Gasteiger partial charge is 0.193 e. The maximum absolute atomic E-state index is 5.50. The van der Waals surface area contributed by atoms with Gasteiger partial charge in [0.1, 0.15) is 0 Å². The molecule has 3 aliphatic heterocycles. The van der Waals surface area contributed by atoms with E-state index in [4.69, 9.17) is 14.7 Å². The molecule has 0 spiro atoms. The number of aliphatic imine (C=N–C) groups is 1. The number of nitrogens with one attached hydrogen (secondary N) is 1. The van der Waals surface area contributed by atoms with E-state index < -0.39 is 0 Å². The van der Waals surface area contributed by atoms with E-state index in [0.29, 0.717) is 6.04 Å². The molecule has 3 saturated heterocycles. The molecule has 1 atom stereocenters. The van der Waals surface area contributed by atoms with Crippen molar-refractivity contribution in [2.24, 2.45) is 4.99 Å². The first-order valence-electron chi connectivity index (χ1n) is 10.9. The highest BCUT2D eigenvalue weighted by Crippen LogP contribution is 2.24. The number of likely N-dealkylation sites (tertiary alicyclic amines) is 1. The number of morpholine rings is 1. The maximum Gasteiger partial charge on any atom is 0.193 e. The number of thiazole rings is 1. The van der Waals surface area contributed by atoms with Crippen molar-refractivity contribution in [2.45, 2.75) is 38.6 Å². The molecule has 0 bridgehead atoms. The second kappa shape index (κ2) is 9.89. The Labute approximate surface area is 172 Å². The van der Waals surface area contributed by atoms with Gasteiger partial charge in [0.2, 0.25) is 0 Å². The van der Waals surface area contributed by atoms with Gasteiger partial charge in [-0.2, -0.15) is 0 Å². The van der Waals surface area contributed by atoms with Gasteiger partial charge in [0.15, 0.2) is 11.1 Å². The molecule has 7 nitrogen and oxygen atoms in total. The molecule has 1 N–H and O–H groups in total. The van der Waals surface area contributed by atoms with Gasteiger partial charge in [-0.3, -0.25) is 9.89 Å². The van der Waals surface area contributed by atoms with Crippen LogP contribution >= 0.6 is 11.3 Å². The second-order valence-corrected chi connectivity index (χ2v) is 8.67. The molecule has 0 saturated carbocycles. The van der Waals surface area contributed by atoms with E-state index >= 15 is 0 Å². The lowest BCUT2D eigenvalue weighted by atomic mass is 10.2. The van der Waals surface area contributed by atoms with E-state index in [1.165, 1.54) is 30.1 Å². The number of rotatable bonds is 6. The van der Waals surface area contributed by atoms with Gasteiger partial charge in [0.25, 0.3) is 0 Å². The predicted octanol–water partition coefficient (Wildman–Crippen LogP) is 1.66. The molecule has 1 aromatic rings. The fourth-order valence-corrected chi connectivity index (χ4v) is 5.26. The third kappa shape index (κ3) is 4.96. The van der Waals surface area contributed by atoms with Crippen molar-refractivity contribution < 1.29 is 4.74 Å². The number of nitrogens with zero attached hydrogens (tertiary/aromatic N) is 5. The van der Waals surface area contributed by atoms with Crippen molar-refractivity contribution in [2.75, 3.05) is 70.5 Å². The van der Waals surface area contributed by atoms with Gasteiger partial charge in [-0.15, -0.1) is 11.3 Å². The van der Waals surface area contributed by atoms with Gasteiger partial charge in [-0.05, 0) is 26.2 Å². The summed E-state index contributed by atoms with van der Waals surface area (Å²) in [7, 11) is 0. The van der Waals surface area contributed by atoms with E-state index in [-0.39, 0.29) is 0 Å². The average molecular weight is 407 g/mol. The zero-order valence-electron chi connectivity index (χ0n) is 17.1. The van der Waals surface area contributed by atoms with Crippen LogP contribution < -0.4 is 10.2 Å². The third-order valence-corrected chi connectivity index (χ3v) is 6.86. The van der Waals surface area contributed by atoms with Crippen LogP contribution in [0.15, 0.2) is 10.4 Å². The Bertz CT molecular complexity index is 638. The summed E-state index contributed by atoms with van der Waals surface area (Å²) in [5, 5.41) is 6.89. The summed E-state index contributed by atoms with van der Waals surface area (Å²) in [5.41, 5.74) is 1.18. The first kappa shape index (κ1) is 19.9. The quantitative estimate of drug-likeness (QED) is 0.573. The van der Waals surface area contributed by atoms with Crippen molar-refractivity contribution in [1.82, 2.24) is 20.1 Å². The van der Waals surface area contributed by atoms with E-state index in [1.54, 1.807) is 11.3 Å². The Kier molecular flexibility index (Phi) is 7.04. The van der Waals surface area contributed by atoms with Crippen molar-refractivity contribution >= 4 is 22.4 Å². The van der Waals surface area contributed by atoms with Gasteiger partial charge in [0, 0.05) is 70.2 Å². The summed E-state index contributed by atoms with van der Waals surface area (Å²) >= 11 is 1.78. The standard InChI is InChI=1S/C20H34N6OS/c1-2-21-19(26-10-6-18(15-26)24-11-13-27-14-12-24)22-7-5-17-16-28-20(23-17)25-8-3-4-9-25/h16,18H,2-15H2,1H3,(H,21,22). The number of ether oxygens (including phenoxy) is 1. The van der Waals surface area contributed by atoms with Crippen molar-refractivity contribution in [3.05, 3.63) is 11.1 Å². The Hall–Kier alpha value is -1.38. The number of hydrogen-bond donors (Lipinski definition) is 1. The van der Waals surface area contributed by atoms with Crippen LogP contribution in [0.1, 0.15) is 31.9 Å². The lowest BCUT2D eigenvalue weighted by Crippen LogP contribution is -2.46. The van der Waals surface area contributed by atoms with Crippen LogP contribution in [0.25, 0.3) is 0 Å². The van der Waals surface area contributed by atoms with Crippen molar-refractivity contribution in [3.8, 4) is 0 Å². The van der Waals surface area contributed by atoms with Gasteiger partial charge in [-0.1, -0.05) is 0 Å². The highest BCUT2D eigenvalue weighted by molar-refractivity contribution is 7.13. The summed E-state index contributed by atoms with van der Waals surface area (Å²) in [5.74, 6) is 1.06. The Balaban J connectivity index is 1.29. The van der Waals surface area contributed by atoms with Crippen LogP contribution in [0, 0.1) is 0 Å². The van der Waals surface area contributed by atoms with Crippen molar-refractivity contribution in [3.63, 3.8) is 0 Å². The van der Waals surface area contributed by atoms with Gasteiger partial charge in [-0.25, -0.2) is 4.98 Å². The molecule has 4 rings (SSSR count). The van der Waals surface area contributed by atoms with Gasteiger partial charge < -0.3 is 19.9 Å². The Morgan fingerprint density at radius 2 is 2.07 bits per heavy atom. The topological polar surface area (TPSA) is 56.2 Å². The molecule has 156 valence electrons. The molecule has 0 amide bonds. The fraction of sp³-hybridized carbons (Fsp3) is 0.800. The summed E-state index contributed by atoms with van der Waals surface area (Å²) < 4.78 is 5.50. The Morgan fingerprint density at radius 3 is 2.86 bits per heavy atom. The van der Waals surface area contributed by atoms with E-state index in [0.717, 1.165) is 78.0 Å². The minimum atomic E-state index is 0.634. The van der Waals surface area contributed by atoms with Crippen LogP contribution in [0.4, 0.5) is 5.13 Å². The molecular formula is C20H34N6OS. The van der Waals surface area contributed by atoms with Crippen molar-refractivity contribution in [1.29, 1.82) is 0 Å².